The van der Waals surface area contributed by atoms with Crippen LogP contribution in [0.15, 0.2) is 42.5 Å². The van der Waals surface area contributed by atoms with E-state index in [2.05, 4.69) is 43.1 Å². The van der Waals surface area contributed by atoms with Crippen molar-refractivity contribution in [3.05, 3.63) is 59.3 Å². The van der Waals surface area contributed by atoms with E-state index in [0.29, 0.717) is 43.4 Å². The first-order valence-corrected chi connectivity index (χ1v) is 11.9. The first-order chi connectivity index (χ1) is 16.9. The van der Waals surface area contributed by atoms with E-state index < -0.39 is 0 Å². The molecule has 0 atom stereocenters. The third-order valence-electron chi connectivity index (χ3n) is 6.34. The van der Waals surface area contributed by atoms with Crippen LogP contribution in [0.3, 0.4) is 0 Å². The molecule has 1 aliphatic heterocycles. The zero-order valence-corrected chi connectivity index (χ0v) is 21.1. The second kappa shape index (κ2) is 10.6. The Morgan fingerprint density at radius 1 is 1.00 bits per heavy atom. The Kier molecular flexibility index (Phi) is 7.39. The summed E-state index contributed by atoms with van der Waals surface area (Å²) in [6, 6.07) is 13.5. The van der Waals surface area contributed by atoms with Gasteiger partial charge in [0.2, 0.25) is 0 Å². The first kappa shape index (κ1) is 24.3. The predicted molar refractivity (Wildman–Crippen MR) is 139 cm³/mol. The number of amides is 2. The van der Waals surface area contributed by atoms with E-state index in [-0.39, 0.29) is 6.03 Å². The van der Waals surface area contributed by atoms with Gasteiger partial charge in [-0.25, -0.2) is 14.8 Å². The molecule has 184 valence electrons. The number of urea groups is 1. The molecule has 4 rings (SSSR count). The van der Waals surface area contributed by atoms with Crippen molar-refractivity contribution in [2.24, 2.45) is 0 Å². The van der Waals surface area contributed by atoms with Crippen LogP contribution in [-0.2, 0) is 6.42 Å². The summed E-state index contributed by atoms with van der Waals surface area (Å²) in [6.07, 6.45) is 0.854. The molecular weight excluding hydrogens is 442 g/mol. The van der Waals surface area contributed by atoms with Crippen molar-refractivity contribution in [2.75, 3.05) is 50.6 Å². The Hall–Kier alpha value is -3.81. The summed E-state index contributed by atoms with van der Waals surface area (Å²) in [4.78, 5) is 26.8. The largest absolute Gasteiger partial charge is 0.497 e. The third kappa shape index (κ3) is 5.31. The molecule has 0 unspecified atom stereocenters. The van der Waals surface area contributed by atoms with E-state index in [1.54, 1.807) is 32.4 Å². The molecule has 8 nitrogen and oxygen atoms in total. The lowest BCUT2D eigenvalue weighted by Crippen LogP contribution is -2.50. The van der Waals surface area contributed by atoms with Crippen LogP contribution in [0.5, 0.6) is 11.5 Å². The smallest absolute Gasteiger partial charge is 0.322 e. The van der Waals surface area contributed by atoms with Gasteiger partial charge in [-0.2, -0.15) is 0 Å². The minimum atomic E-state index is -0.150. The summed E-state index contributed by atoms with van der Waals surface area (Å²) in [5.74, 6) is 2.94. The number of anilines is 2. The highest BCUT2D eigenvalue weighted by Gasteiger charge is 2.25. The normalized spacial score (nSPS) is 13.5. The number of hydrogen-bond donors (Lipinski definition) is 1. The predicted octanol–water partition coefficient (Wildman–Crippen LogP) is 4.69. The van der Waals surface area contributed by atoms with Gasteiger partial charge in [0.1, 0.15) is 17.3 Å². The van der Waals surface area contributed by atoms with Crippen LogP contribution in [0.2, 0.25) is 0 Å². The third-order valence-corrected chi connectivity index (χ3v) is 6.34. The van der Waals surface area contributed by atoms with Crippen molar-refractivity contribution in [1.29, 1.82) is 0 Å². The standard InChI is InChI=1S/C27H33N5O3/c1-6-22-19(3)28-25(20-9-7-8-18(2)16-20)30-26(22)31-12-14-32(15-13-31)27(33)29-23-11-10-21(34-4)17-24(23)35-5/h7-11,16-17H,6,12-15H2,1-5H3,(H,29,33). The van der Waals surface area contributed by atoms with E-state index in [4.69, 9.17) is 19.4 Å². The van der Waals surface area contributed by atoms with E-state index in [1.807, 2.05) is 17.0 Å². The average Bonchev–Trinajstić information content (AvgIpc) is 2.88. The number of aromatic nitrogens is 2. The van der Waals surface area contributed by atoms with Crippen LogP contribution < -0.4 is 19.7 Å². The van der Waals surface area contributed by atoms with Gasteiger partial charge in [-0.05, 0) is 38.5 Å². The lowest BCUT2D eigenvalue weighted by atomic mass is 10.1. The number of hydrogen-bond acceptors (Lipinski definition) is 6. The maximum absolute atomic E-state index is 13.0. The van der Waals surface area contributed by atoms with Crippen LogP contribution in [0.4, 0.5) is 16.3 Å². The van der Waals surface area contributed by atoms with Crippen molar-refractivity contribution in [3.8, 4) is 22.9 Å². The van der Waals surface area contributed by atoms with E-state index >= 15 is 0 Å². The number of methoxy groups -OCH3 is 2. The fourth-order valence-electron chi connectivity index (χ4n) is 4.39. The molecule has 2 aromatic carbocycles. The number of benzene rings is 2. The Morgan fingerprint density at radius 3 is 2.43 bits per heavy atom. The minimum Gasteiger partial charge on any atom is -0.497 e. The molecule has 0 spiro atoms. The highest BCUT2D eigenvalue weighted by Crippen LogP contribution is 2.30. The molecule has 8 heteroatoms. The van der Waals surface area contributed by atoms with Crippen molar-refractivity contribution in [2.45, 2.75) is 27.2 Å². The number of ether oxygens (including phenoxy) is 2. The van der Waals surface area contributed by atoms with Crippen LogP contribution in [0.1, 0.15) is 23.7 Å². The zero-order valence-electron chi connectivity index (χ0n) is 21.1. The van der Waals surface area contributed by atoms with Crippen molar-refractivity contribution in [1.82, 2.24) is 14.9 Å². The number of aryl methyl sites for hydroxylation is 2. The molecule has 0 radical (unpaired) electrons. The summed E-state index contributed by atoms with van der Waals surface area (Å²) in [5.41, 5.74) is 4.97. The molecule has 35 heavy (non-hydrogen) atoms. The number of nitrogens with zero attached hydrogens (tertiary/aromatic N) is 4. The molecule has 1 saturated heterocycles. The van der Waals surface area contributed by atoms with Gasteiger partial charge in [0.15, 0.2) is 5.82 Å². The second-order valence-electron chi connectivity index (χ2n) is 8.63. The average molecular weight is 476 g/mol. The Balaban J connectivity index is 1.49. The summed E-state index contributed by atoms with van der Waals surface area (Å²) in [5, 5.41) is 2.97. The highest BCUT2D eigenvalue weighted by atomic mass is 16.5. The number of piperazine rings is 1. The van der Waals surface area contributed by atoms with Gasteiger partial charge in [0.05, 0.1) is 19.9 Å². The van der Waals surface area contributed by atoms with Crippen LogP contribution in [0.25, 0.3) is 11.4 Å². The molecule has 1 aliphatic rings. The molecular formula is C27H33N5O3. The number of carbonyl (C=O) groups excluding carboxylic acids is 1. The fraction of sp³-hybridized carbons (Fsp3) is 0.370. The summed E-state index contributed by atoms with van der Waals surface area (Å²) in [7, 11) is 3.17. The topological polar surface area (TPSA) is 79.8 Å². The first-order valence-electron chi connectivity index (χ1n) is 11.9. The molecule has 3 aromatic rings. The molecule has 0 aliphatic carbocycles. The maximum atomic E-state index is 13.0. The number of carbonyl (C=O) groups is 1. The van der Waals surface area contributed by atoms with E-state index in [0.717, 1.165) is 34.9 Å². The number of nitrogens with one attached hydrogen (secondary N) is 1. The van der Waals surface area contributed by atoms with Gasteiger partial charge in [-0.1, -0.05) is 30.7 Å². The lowest BCUT2D eigenvalue weighted by molar-refractivity contribution is 0.208. The van der Waals surface area contributed by atoms with Crippen molar-refractivity contribution in [3.63, 3.8) is 0 Å². The van der Waals surface area contributed by atoms with Gasteiger partial charge < -0.3 is 24.6 Å². The van der Waals surface area contributed by atoms with Crippen LogP contribution in [-0.4, -0.2) is 61.3 Å². The lowest BCUT2D eigenvalue weighted by Gasteiger charge is -2.36. The maximum Gasteiger partial charge on any atom is 0.322 e. The molecule has 1 aromatic heterocycles. The molecule has 2 heterocycles. The molecule has 0 saturated carbocycles. The zero-order chi connectivity index (χ0) is 24.9. The highest BCUT2D eigenvalue weighted by molar-refractivity contribution is 5.91. The van der Waals surface area contributed by atoms with Crippen molar-refractivity contribution >= 4 is 17.5 Å². The minimum absolute atomic E-state index is 0.150. The van der Waals surface area contributed by atoms with Crippen molar-refractivity contribution < 1.29 is 14.3 Å². The molecule has 0 bridgehead atoms. The molecule has 2 amide bonds. The Bertz CT molecular complexity index is 1210. The monoisotopic (exact) mass is 475 g/mol. The molecule has 1 N–H and O–H groups in total. The fourth-order valence-corrected chi connectivity index (χ4v) is 4.39. The van der Waals surface area contributed by atoms with Crippen LogP contribution >= 0.6 is 0 Å². The quantitative estimate of drug-likeness (QED) is 0.557. The van der Waals surface area contributed by atoms with Crippen LogP contribution in [0, 0.1) is 13.8 Å². The van der Waals surface area contributed by atoms with E-state index in [1.165, 1.54) is 5.56 Å². The Morgan fingerprint density at radius 2 is 1.77 bits per heavy atom. The SMILES string of the molecule is CCc1c(C)nc(-c2cccc(C)c2)nc1N1CCN(C(=O)Nc2ccc(OC)cc2OC)CC1. The Labute approximate surface area is 206 Å². The molecule has 1 fully saturated rings. The second-order valence-corrected chi connectivity index (χ2v) is 8.63. The number of rotatable bonds is 6. The van der Waals surface area contributed by atoms with E-state index in [9.17, 15) is 4.79 Å². The van der Waals surface area contributed by atoms with Gasteiger partial charge >= 0.3 is 6.03 Å². The summed E-state index contributed by atoms with van der Waals surface area (Å²) in [6.45, 7) is 8.84. The summed E-state index contributed by atoms with van der Waals surface area (Å²) < 4.78 is 10.6. The van der Waals surface area contributed by atoms with Gasteiger partial charge in [0.25, 0.3) is 0 Å². The summed E-state index contributed by atoms with van der Waals surface area (Å²) >= 11 is 0. The van der Waals surface area contributed by atoms with Gasteiger partial charge in [-0.15, -0.1) is 0 Å². The van der Waals surface area contributed by atoms with Gasteiger partial charge in [-0.3, -0.25) is 0 Å². The van der Waals surface area contributed by atoms with Gasteiger partial charge in [0, 0.05) is 49.1 Å².